The Labute approximate surface area is 165 Å². The second-order valence-electron chi connectivity index (χ2n) is 6.52. The molecule has 0 aliphatic heterocycles. The first-order valence-electron chi connectivity index (χ1n) is 8.47. The number of fused-ring (bicyclic) bond motifs is 3. The molecule has 150 valence electrons. The third-order valence-corrected chi connectivity index (χ3v) is 5.02. The number of nitro groups is 1. The van der Waals surface area contributed by atoms with E-state index in [0.29, 0.717) is 29.9 Å². The molecule has 0 saturated carbocycles. The van der Waals surface area contributed by atoms with Gasteiger partial charge in [0.15, 0.2) is 0 Å². The van der Waals surface area contributed by atoms with Crippen LogP contribution in [0.4, 0.5) is 18.9 Å². The maximum absolute atomic E-state index is 13.4. The zero-order chi connectivity index (χ0) is 20.9. The molecule has 1 heterocycles. The second kappa shape index (κ2) is 6.77. The number of rotatable bonds is 3. The quantitative estimate of drug-likeness (QED) is 0.307. The van der Waals surface area contributed by atoms with E-state index in [1.165, 1.54) is 12.1 Å². The van der Waals surface area contributed by atoms with E-state index in [2.05, 4.69) is 0 Å². The van der Waals surface area contributed by atoms with Gasteiger partial charge in [-0.1, -0.05) is 11.6 Å². The summed E-state index contributed by atoms with van der Waals surface area (Å²) in [7, 11) is 0. The smallest absolute Gasteiger partial charge is 0.420 e. The lowest BCUT2D eigenvalue weighted by molar-refractivity contribution is -0.385. The molecule has 0 radical (unpaired) electrons. The molecule has 0 unspecified atom stereocenters. The Morgan fingerprint density at radius 2 is 1.83 bits per heavy atom. The highest BCUT2D eigenvalue weighted by molar-refractivity contribution is 6.32. The molecule has 2 aromatic carbocycles. The molecule has 0 N–H and O–H groups in total. The normalized spacial score (nSPS) is 13.5. The summed E-state index contributed by atoms with van der Waals surface area (Å²) < 4.78 is 50.7. The van der Waals surface area contributed by atoms with Gasteiger partial charge >= 0.3 is 11.8 Å². The van der Waals surface area contributed by atoms with Crippen molar-refractivity contribution in [2.45, 2.75) is 25.4 Å². The topological polar surface area (TPSA) is 82.6 Å². The van der Waals surface area contributed by atoms with Crippen LogP contribution in [-0.4, -0.2) is 4.92 Å². The van der Waals surface area contributed by atoms with Crippen molar-refractivity contribution in [3.05, 3.63) is 72.6 Å². The first-order chi connectivity index (χ1) is 13.6. The van der Waals surface area contributed by atoms with Crippen molar-refractivity contribution < 1.29 is 27.2 Å². The number of alkyl halides is 3. The lowest BCUT2D eigenvalue weighted by Gasteiger charge is -2.15. The Bertz CT molecular complexity index is 1220. The highest BCUT2D eigenvalue weighted by Gasteiger charge is 2.36. The molecule has 0 atom stereocenters. The Morgan fingerprint density at radius 3 is 2.52 bits per heavy atom. The molecule has 0 bridgehead atoms. The minimum Gasteiger partial charge on any atom is -0.455 e. The molecule has 0 amide bonds. The van der Waals surface area contributed by atoms with Gasteiger partial charge in [-0.2, -0.15) is 13.2 Å². The summed E-state index contributed by atoms with van der Waals surface area (Å²) in [5.74, 6) is -0.826. The standard InChI is InChI=1S/C19H11ClF3NO5/c20-14-7-12-10-2-1-3-11(10)18(25)29-16(12)8-17(14)28-15-5-4-9(24(26)27)6-13(15)19(21,22)23/h4-8H,1-3H2. The number of ether oxygens (including phenoxy) is 1. The van der Waals surface area contributed by atoms with Gasteiger partial charge in [-0.25, -0.2) is 4.79 Å². The molecule has 10 heteroatoms. The second-order valence-corrected chi connectivity index (χ2v) is 6.92. The number of benzene rings is 2. The molecule has 3 aromatic rings. The van der Waals surface area contributed by atoms with Gasteiger partial charge in [0.2, 0.25) is 0 Å². The SMILES string of the molecule is O=c1oc2cc(Oc3ccc([N+](=O)[O-])cc3C(F)(F)F)c(Cl)cc2c2c1CCC2. The van der Waals surface area contributed by atoms with Crippen LogP contribution in [0.25, 0.3) is 11.0 Å². The molecule has 0 saturated heterocycles. The van der Waals surface area contributed by atoms with Crippen LogP contribution in [0.2, 0.25) is 5.02 Å². The van der Waals surface area contributed by atoms with E-state index < -0.39 is 33.7 Å². The van der Waals surface area contributed by atoms with Crippen LogP contribution in [0, 0.1) is 10.1 Å². The predicted molar refractivity (Wildman–Crippen MR) is 97.7 cm³/mol. The lowest BCUT2D eigenvalue weighted by Crippen LogP contribution is -2.08. The molecule has 1 aromatic heterocycles. The predicted octanol–water partition coefficient (Wildman–Crippen LogP) is 5.65. The molecule has 0 spiro atoms. The highest BCUT2D eigenvalue weighted by atomic mass is 35.5. The van der Waals surface area contributed by atoms with Gasteiger partial charge < -0.3 is 9.15 Å². The molecular weight excluding hydrogens is 415 g/mol. The maximum Gasteiger partial charge on any atom is 0.420 e. The minimum atomic E-state index is -4.89. The van der Waals surface area contributed by atoms with Crippen LogP contribution in [-0.2, 0) is 19.0 Å². The van der Waals surface area contributed by atoms with E-state index in [-0.39, 0.29) is 16.4 Å². The van der Waals surface area contributed by atoms with E-state index in [1.807, 2.05) is 0 Å². The fourth-order valence-corrected chi connectivity index (χ4v) is 3.62. The third kappa shape index (κ3) is 3.42. The van der Waals surface area contributed by atoms with E-state index >= 15 is 0 Å². The number of hydrogen-bond acceptors (Lipinski definition) is 5. The van der Waals surface area contributed by atoms with Crippen molar-refractivity contribution in [3.8, 4) is 11.5 Å². The van der Waals surface area contributed by atoms with Crippen LogP contribution in [0.5, 0.6) is 11.5 Å². The number of hydrogen-bond donors (Lipinski definition) is 0. The zero-order valence-electron chi connectivity index (χ0n) is 14.5. The Kier molecular flexibility index (Phi) is 4.49. The first-order valence-corrected chi connectivity index (χ1v) is 8.84. The first kappa shape index (κ1) is 19.3. The van der Waals surface area contributed by atoms with Crippen molar-refractivity contribution in [2.75, 3.05) is 0 Å². The van der Waals surface area contributed by atoms with E-state index in [1.54, 1.807) is 0 Å². The summed E-state index contributed by atoms with van der Waals surface area (Å²) in [4.78, 5) is 22.0. The average molecular weight is 426 g/mol. The number of aryl methyl sites for hydroxylation is 1. The Balaban J connectivity index is 1.83. The Morgan fingerprint density at radius 1 is 1.10 bits per heavy atom. The van der Waals surface area contributed by atoms with Crippen molar-refractivity contribution >= 4 is 28.3 Å². The molecule has 1 aliphatic rings. The number of halogens is 4. The van der Waals surface area contributed by atoms with Gasteiger partial charge in [0.1, 0.15) is 22.6 Å². The summed E-state index contributed by atoms with van der Waals surface area (Å²) in [6.07, 6.45) is -2.82. The fraction of sp³-hybridized carbons (Fsp3) is 0.211. The maximum atomic E-state index is 13.4. The van der Waals surface area contributed by atoms with Crippen LogP contribution in [0.3, 0.4) is 0 Å². The van der Waals surface area contributed by atoms with Crippen LogP contribution in [0.15, 0.2) is 39.5 Å². The minimum absolute atomic E-state index is 0.0203. The summed E-state index contributed by atoms with van der Waals surface area (Å²) in [5, 5.41) is 11.4. The number of non-ortho nitro benzene ring substituents is 1. The lowest BCUT2D eigenvalue weighted by atomic mass is 10.1. The zero-order valence-corrected chi connectivity index (χ0v) is 15.3. The van der Waals surface area contributed by atoms with Crippen LogP contribution in [0.1, 0.15) is 23.1 Å². The van der Waals surface area contributed by atoms with Crippen molar-refractivity contribution in [3.63, 3.8) is 0 Å². The molecule has 4 rings (SSSR count). The molecule has 29 heavy (non-hydrogen) atoms. The largest absolute Gasteiger partial charge is 0.455 e. The van der Waals surface area contributed by atoms with Crippen LogP contribution < -0.4 is 10.4 Å². The van der Waals surface area contributed by atoms with E-state index in [9.17, 15) is 28.1 Å². The summed E-state index contributed by atoms with van der Waals surface area (Å²) in [6.45, 7) is 0. The van der Waals surface area contributed by atoms with Gasteiger partial charge in [-0.15, -0.1) is 0 Å². The highest BCUT2D eigenvalue weighted by Crippen LogP contribution is 2.42. The van der Waals surface area contributed by atoms with Crippen molar-refractivity contribution in [1.29, 1.82) is 0 Å². The fourth-order valence-electron chi connectivity index (χ4n) is 3.42. The summed E-state index contributed by atoms with van der Waals surface area (Å²) in [5.41, 5.74) is -1.00. The molecule has 1 aliphatic carbocycles. The van der Waals surface area contributed by atoms with Gasteiger partial charge in [-0.3, -0.25) is 10.1 Å². The summed E-state index contributed by atoms with van der Waals surface area (Å²) in [6, 6.07) is 4.86. The van der Waals surface area contributed by atoms with E-state index in [0.717, 1.165) is 24.1 Å². The summed E-state index contributed by atoms with van der Waals surface area (Å²) >= 11 is 6.21. The molecule has 0 fully saturated rings. The van der Waals surface area contributed by atoms with E-state index in [4.69, 9.17) is 20.8 Å². The third-order valence-electron chi connectivity index (χ3n) is 4.73. The number of nitrogens with zero attached hydrogens (tertiary/aromatic N) is 1. The van der Waals surface area contributed by atoms with Crippen molar-refractivity contribution in [2.24, 2.45) is 0 Å². The molecular formula is C19H11ClF3NO5. The van der Waals surface area contributed by atoms with Gasteiger partial charge in [0, 0.05) is 29.1 Å². The number of nitro benzene ring substituents is 1. The Hall–Kier alpha value is -3.07. The monoisotopic (exact) mass is 425 g/mol. The average Bonchev–Trinajstić information content (AvgIpc) is 3.13. The van der Waals surface area contributed by atoms with Gasteiger partial charge in [0.25, 0.3) is 5.69 Å². The van der Waals surface area contributed by atoms with Gasteiger partial charge in [0.05, 0.1) is 9.95 Å². The van der Waals surface area contributed by atoms with Crippen LogP contribution >= 0.6 is 11.6 Å². The molecule has 6 nitrogen and oxygen atoms in total. The van der Waals surface area contributed by atoms with Gasteiger partial charge in [-0.05, 0) is 37.0 Å². The van der Waals surface area contributed by atoms with Crippen molar-refractivity contribution in [1.82, 2.24) is 0 Å².